The maximum Gasteiger partial charge on any atom is 0.121 e. The van der Waals surface area contributed by atoms with Gasteiger partial charge in [-0.3, -0.25) is 4.98 Å². The van der Waals surface area contributed by atoms with E-state index in [-0.39, 0.29) is 5.54 Å². The second kappa shape index (κ2) is 4.25. The Bertz CT molecular complexity index is 574. The predicted octanol–water partition coefficient (Wildman–Crippen LogP) is 2.97. The van der Waals surface area contributed by atoms with Crippen molar-refractivity contribution in [2.24, 2.45) is 5.73 Å². The van der Waals surface area contributed by atoms with E-state index in [9.17, 15) is 0 Å². The lowest BCUT2D eigenvalue weighted by Gasteiger charge is -2.25. The molecule has 0 amide bonds. The summed E-state index contributed by atoms with van der Waals surface area (Å²) in [5.74, 6) is 0.838. The summed E-state index contributed by atoms with van der Waals surface area (Å²) in [5.41, 5.74) is 8.58. The molecule has 18 heavy (non-hydrogen) atoms. The van der Waals surface area contributed by atoms with Crippen LogP contribution in [0.4, 0.5) is 0 Å². The lowest BCUT2D eigenvalue weighted by molar-refractivity contribution is 0.415. The predicted molar refractivity (Wildman–Crippen MR) is 72.6 cm³/mol. The van der Waals surface area contributed by atoms with E-state index in [1.54, 1.807) is 7.11 Å². The maximum absolute atomic E-state index is 6.56. The van der Waals surface area contributed by atoms with Gasteiger partial charge in [0, 0.05) is 23.2 Å². The van der Waals surface area contributed by atoms with Crippen LogP contribution in [0.25, 0.3) is 10.9 Å². The Labute approximate surface area is 107 Å². The highest BCUT2D eigenvalue weighted by atomic mass is 16.5. The fraction of sp³-hybridized carbons (Fsp3) is 0.400. The summed E-state index contributed by atoms with van der Waals surface area (Å²) in [4.78, 5) is 4.42. The molecule has 1 aromatic heterocycles. The van der Waals surface area contributed by atoms with Gasteiger partial charge >= 0.3 is 0 Å². The summed E-state index contributed by atoms with van der Waals surface area (Å²) < 4.78 is 5.24. The van der Waals surface area contributed by atoms with E-state index in [0.29, 0.717) is 0 Å². The van der Waals surface area contributed by atoms with Gasteiger partial charge in [0.25, 0.3) is 0 Å². The van der Waals surface area contributed by atoms with Crippen LogP contribution in [0, 0.1) is 0 Å². The topological polar surface area (TPSA) is 48.1 Å². The number of ether oxygens (including phenoxy) is 1. The third-order valence-corrected chi connectivity index (χ3v) is 3.98. The SMILES string of the molecule is COc1ccc2c(C3(N)CCCC3)ccnc2c1. The fourth-order valence-electron chi connectivity index (χ4n) is 2.96. The number of pyridine rings is 1. The van der Waals surface area contributed by atoms with E-state index in [2.05, 4.69) is 17.1 Å². The Morgan fingerprint density at radius 3 is 2.72 bits per heavy atom. The third-order valence-electron chi connectivity index (χ3n) is 3.98. The van der Waals surface area contributed by atoms with Crippen LogP contribution < -0.4 is 10.5 Å². The van der Waals surface area contributed by atoms with Gasteiger partial charge in [-0.2, -0.15) is 0 Å². The molecule has 1 aliphatic rings. The molecule has 0 spiro atoms. The van der Waals surface area contributed by atoms with E-state index >= 15 is 0 Å². The van der Waals surface area contributed by atoms with Crippen LogP contribution in [0.1, 0.15) is 31.2 Å². The molecule has 0 atom stereocenters. The number of fused-ring (bicyclic) bond motifs is 1. The molecule has 0 saturated heterocycles. The normalized spacial score (nSPS) is 18.1. The molecule has 0 aliphatic heterocycles. The summed E-state index contributed by atoms with van der Waals surface area (Å²) in [7, 11) is 1.67. The minimum atomic E-state index is -0.171. The first-order valence-electron chi connectivity index (χ1n) is 6.45. The Morgan fingerprint density at radius 1 is 1.22 bits per heavy atom. The molecule has 2 aromatic rings. The standard InChI is InChI=1S/C15H18N2O/c1-18-11-4-5-12-13(6-9-17-14(12)10-11)15(16)7-2-3-8-15/h4-6,9-10H,2-3,7-8,16H2,1H3. The first-order valence-corrected chi connectivity index (χ1v) is 6.45. The molecule has 1 aromatic carbocycles. The second-order valence-corrected chi connectivity index (χ2v) is 5.10. The number of nitrogens with two attached hydrogens (primary N) is 1. The highest BCUT2D eigenvalue weighted by Crippen LogP contribution is 2.39. The van der Waals surface area contributed by atoms with Gasteiger partial charge in [0.2, 0.25) is 0 Å². The summed E-state index contributed by atoms with van der Waals surface area (Å²) in [6.45, 7) is 0. The van der Waals surface area contributed by atoms with Crippen molar-refractivity contribution >= 4 is 10.9 Å². The number of rotatable bonds is 2. The van der Waals surface area contributed by atoms with Crippen LogP contribution in [0.3, 0.4) is 0 Å². The summed E-state index contributed by atoms with van der Waals surface area (Å²) in [6.07, 6.45) is 6.42. The van der Waals surface area contributed by atoms with Gasteiger partial charge in [0.15, 0.2) is 0 Å². The molecule has 1 fully saturated rings. The molecular formula is C15H18N2O. The zero-order valence-corrected chi connectivity index (χ0v) is 10.6. The van der Waals surface area contributed by atoms with Crippen LogP contribution >= 0.6 is 0 Å². The van der Waals surface area contributed by atoms with Crippen molar-refractivity contribution in [3.8, 4) is 5.75 Å². The van der Waals surface area contributed by atoms with Gasteiger partial charge in [0.1, 0.15) is 5.75 Å². The lowest BCUT2D eigenvalue weighted by atomic mass is 9.87. The molecule has 1 saturated carbocycles. The minimum absolute atomic E-state index is 0.171. The Kier molecular flexibility index (Phi) is 2.71. The Balaban J connectivity index is 2.18. The quantitative estimate of drug-likeness (QED) is 0.880. The monoisotopic (exact) mass is 242 g/mol. The van der Waals surface area contributed by atoms with Crippen molar-refractivity contribution in [3.05, 3.63) is 36.0 Å². The zero-order valence-electron chi connectivity index (χ0n) is 10.6. The van der Waals surface area contributed by atoms with Crippen molar-refractivity contribution in [3.63, 3.8) is 0 Å². The highest BCUT2D eigenvalue weighted by molar-refractivity contribution is 5.84. The van der Waals surface area contributed by atoms with Crippen LogP contribution in [-0.2, 0) is 5.54 Å². The molecule has 1 heterocycles. The number of methoxy groups -OCH3 is 1. The van der Waals surface area contributed by atoms with E-state index in [1.807, 2.05) is 18.3 Å². The van der Waals surface area contributed by atoms with Crippen molar-refractivity contribution in [1.82, 2.24) is 4.98 Å². The van der Waals surface area contributed by atoms with Gasteiger partial charge in [-0.15, -0.1) is 0 Å². The number of hydrogen-bond acceptors (Lipinski definition) is 3. The van der Waals surface area contributed by atoms with Crippen molar-refractivity contribution in [1.29, 1.82) is 0 Å². The largest absolute Gasteiger partial charge is 0.497 e. The van der Waals surface area contributed by atoms with Crippen LogP contribution in [0.15, 0.2) is 30.5 Å². The van der Waals surface area contributed by atoms with Crippen molar-refractivity contribution in [2.75, 3.05) is 7.11 Å². The van der Waals surface area contributed by atoms with Gasteiger partial charge in [-0.05, 0) is 36.6 Å². The smallest absolute Gasteiger partial charge is 0.121 e. The number of nitrogens with zero attached hydrogens (tertiary/aromatic N) is 1. The molecular weight excluding hydrogens is 224 g/mol. The number of benzene rings is 1. The summed E-state index contributed by atoms with van der Waals surface area (Å²) in [5, 5.41) is 1.16. The summed E-state index contributed by atoms with van der Waals surface area (Å²) >= 11 is 0. The van der Waals surface area contributed by atoms with Gasteiger partial charge in [0.05, 0.1) is 12.6 Å². The van der Waals surface area contributed by atoms with Gasteiger partial charge < -0.3 is 10.5 Å². The van der Waals surface area contributed by atoms with Crippen LogP contribution in [0.5, 0.6) is 5.75 Å². The third kappa shape index (κ3) is 1.75. The van der Waals surface area contributed by atoms with E-state index in [1.165, 1.54) is 18.4 Å². The van der Waals surface area contributed by atoms with Crippen molar-refractivity contribution < 1.29 is 4.74 Å². The lowest BCUT2D eigenvalue weighted by Crippen LogP contribution is -2.33. The zero-order chi connectivity index (χ0) is 12.6. The van der Waals surface area contributed by atoms with E-state index < -0.39 is 0 Å². The average Bonchev–Trinajstić information content (AvgIpc) is 2.85. The molecule has 1 aliphatic carbocycles. The highest BCUT2D eigenvalue weighted by Gasteiger charge is 2.32. The molecule has 2 N–H and O–H groups in total. The summed E-state index contributed by atoms with van der Waals surface area (Å²) in [6, 6.07) is 8.09. The maximum atomic E-state index is 6.56. The van der Waals surface area contributed by atoms with E-state index in [4.69, 9.17) is 10.5 Å². The minimum Gasteiger partial charge on any atom is -0.497 e. The molecule has 3 nitrogen and oxygen atoms in total. The Hall–Kier alpha value is -1.61. The van der Waals surface area contributed by atoms with Crippen LogP contribution in [0.2, 0.25) is 0 Å². The van der Waals surface area contributed by atoms with E-state index in [0.717, 1.165) is 29.5 Å². The molecule has 0 unspecified atom stereocenters. The first kappa shape index (κ1) is 11.5. The number of aromatic nitrogens is 1. The van der Waals surface area contributed by atoms with Crippen LogP contribution in [-0.4, -0.2) is 12.1 Å². The molecule has 94 valence electrons. The molecule has 3 heteroatoms. The molecule has 0 radical (unpaired) electrons. The average molecular weight is 242 g/mol. The first-order chi connectivity index (χ1) is 8.73. The number of hydrogen-bond donors (Lipinski definition) is 1. The second-order valence-electron chi connectivity index (χ2n) is 5.10. The van der Waals surface area contributed by atoms with Gasteiger partial charge in [-0.1, -0.05) is 12.8 Å². The Morgan fingerprint density at radius 2 is 2.00 bits per heavy atom. The molecule has 3 rings (SSSR count). The molecule has 0 bridgehead atoms. The fourth-order valence-corrected chi connectivity index (χ4v) is 2.96. The van der Waals surface area contributed by atoms with Gasteiger partial charge in [-0.25, -0.2) is 0 Å². The van der Waals surface area contributed by atoms with Crippen molar-refractivity contribution in [2.45, 2.75) is 31.2 Å².